The number of halogens is 3. The van der Waals surface area contributed by atoms with Gasteiger partial charge in [0.25, 0.3) is 5.91 Å². The number of nitrogens with one attached hydrogen (secondary N) is 1. The number of anilines is 2. The lowest BCUT2D eigenvalue weighted by Crippen LogP contribution is -2.34. The van der Waals surface area contributed by atoms with Crippen LogP contribution in [0.15, 0.2) is 30.5 Å². The highest BCUT2D eigenvalue weighted by atomic mass is 32.2. The van der Waals surface area contributed by atoms with Crippen molar-refractivity contribution in [2.45, 2.75) is 18.6 Å². The van der Waals surface area contributed by atoms with Gasteiger partial charge in [-0.1, -0.05) is 0 Å². The number of hydrogen-bond acceptors (Lipinski definition) is 6. The molecule has 8 nitrogen and oxygen atoms in total. The lowest BCUT2D eigenvalue weighted by atomic mass is 10.0. The second-order valence-electron chi connectivity index (χ2n) is 6.64. The standard InChI is InChI=1S/C17H16F3N5O3S/c18-17(19,20)11-1-3-12(4-2-11)23-16-13(15(22)26)8-25(24-16)14-5-6-29(27,28)9-10(14)7-21/h1-4,8,10,14H,5-6,9H2,(H2,22,26)(H,23,24)/t10?,14-/m0/s1. The Morgan fingerprint density at radius 3 is 2.52 bits per heavy atom. The molecule has 1 saturated heterocycles. The molecular formula is C17H16F3N5O3S. The molecule has 3 rings (SSSR count). The van der Waals surface area contributed by atoms with Gasteiger partial charge < -0.3 is 11.1 Å². The van der Waals surface area contributed by atoms with E-state index in [0.717, 1.165) is 12.1 Å². The SMILES string of the molecule is N#CC1CS(=O)(=O)CC[C@@H]1n1cc(C(N)=O)c(Nc2ccc(C(F)(F)F)cc2)n1. The maximum atomic E-state index is 12.7. The molecule has 154 valence electrons. The van der Waals surface area contributed by atoms with Crippen molar-refractivity contribution in [2.75, 3.05) is 16.8 Å². The van der Waals surface area contributed by atoms with Crippen LogP contribution < -0.4 is 11.1 Å². The van der Waals surface area contributed by atoms with Crippen LogP contribution in [0, 0.1) is 17.2 Å². The van der Waals surface area contributed by atoms with Gasteiger partial charge in [0.15, 0.2) is 15.7 Å². The fourth-order valence-corrected chi connectivity index (χ4v) is 4.73. The number of carbonyl (C=O) groups excluding carboxylic acids is 1. The van der Waals surface area contributed by atoms with E-state index >= 15 is 0 Å². The van der Waals surface area contributed by atoms with Crippen LogP contribution in [-0.2, 0) is 16.0 Å². The molecule has 1 amide bonds. The zero-order valence-corrected chi connectivity index (χ0v) is 15.7. The van der Waals surface area contributed by atoms with Crippen molar-refractivity contribution in [1.29, 1.82) is 5.26 Å². The molecule has 0 saturated carbocycles. The molecule has 3 N–H and O–H groups in total. The smallest absolute Gasteiger partial charge is 0.365 e. The molecular weight excluding hydrogens is 411 g/mol. The molecule has 1 fully saturated rings. The highest BCUT2D eigenvalue weighted by Crippen LogP contribution is 2.32. The lowest BCUT2D eigenvalue weighted by molar-refractivity contribution is -0.137. The van der Waals surface area contributed by atoms with Crippen molar-refractivity contribution in [2.24, 2.45) is 11.7 Å². The number of rotatable bonds is 4. The molecule has 0 bridgehead atoms. The van der Waals surface area contributed by atoms with Crippen LogP contribution in [0.2, 0.25) is 0 Å². The molecule has 2 heterocycles. The van der Waals surface area contributed by atoms with Crippen LogP contribution in [0.3, 0.4) is 0 Å². The summed E-state index contributed by atoms with van der Waals surface area (Å²) in [4.78, 5) is 11.8. The van der Waals surface area contributed by atoms with E-state index in [2.05, 4.69) is 10.4 Å². The van der Waals surface area contributed by atoms with Gasteiger partial charge in [0.05, 0.1) is 35.1 Å². The van der Waals surface area contributed by atoms with Crippen LogP contribution in [0.4, 0.5) is 24.7 Å². The van der Waals surface area contributed by atoms with Crippen LogP contribution in [0.1, 0.15) is 28.4 Å². The minimum absolute atomic E-state index is 0.00220. The van der Waals surface area contributed by atoms with Crippen molar-refractivity contribution < 1.29 is 26.4 Å². The first-order valence-electron chi connectivity index (χ1n) is 8.43. The Hall–Kier alpha value is -3.07. The van der Waals surface area contributed by atoms with E-state index in [1.165, 1.54) is 23.0 Å². The second-order valence-corrected chi connectivity index (χ2v) is 8.87. The van der Waals surface area contributed by atoms with Gasteiger partial charge in [-0.05, 0) is 30.7 Å². The van der Waals surface area contributed by atoms with Gasteiger partial charge in [0.2, 0.25) is 0 Å². The number of hydrogen-bond donors (Lipinski definition) is 2. The number of carbonyl (C=O) groups is 1. The molecule has 12 heteroatoms. The number of aromatic nitrogens is 2. The number of benzene rings is 1. The van der Waals surface area contributed by atoms with E-state index in [4.69, 9.17) is 5.73 Å². The lowest BCUT2D eigenvalue weighted by Gasteiger charge is -2.26. The third kappa shape index (κ3) is 4.51. The molecule has 1 aromatic carbocycles. The highest BCUT2D eigenvalue weighted by molar-refractivity contribution is 7.91. The van der Waals surface area contributed by atoms with Crippen molar-refractivity contribution >= 4 is 27.2 Å². The Morgan fingerprint density at radius 1 is 1.31 bits per heavy atom. The average Bonchev–Trinajstić information content (AvgIpc) is 3.04. The number of primary amides is 1. The van der Waals surface area contributed by atoms with Gasteiger partial charge in [-0.15, -0.1) is 0 Å². The first kappa shape index (κ1) is 20.7. The number of alkyl halides is 3. The molecule has 0 radical (unpaired) electrons. The van der Waals surface area contributed by atoms with E-state index in [-0.39, 0.29) is 35.0 Å². The first-order valence-corrected chi connectivity index (χ1v) is 10.3. The van der Waals surface area contributed by atoms with Crippen molar-refractivity contribution in [1.82, 2.24) is 9.78 Å². The summed E-state index contributed by atoms with van der Waals surface area (Å²) < 4.78 is 62.9. The Morgan fingerprint density at radius 2 is 1.97 bits per heavy atom. The molecule has 1 aliphatic rings. The summed E-state index contributed by atoms with van der Waals surface area (Å²) in [6.45, 7) is 0. The van der Waals surface area contributed by atoms with E-state index in [0.29, 0.717) is 0 Å². The molecule has 2 atom stereocenters. The van der Waals surface area contributed by atoms with Crippen molar-refractivity contribution in [3.63, 3.8) is 0 Å². The molecule has 29 heavy (non-hydrogen) atoms. The topological polar surface area (TPSA) is 131 Å². The zero-order chi connectivity index (χ0) is 21.4. The van der Waals surface area contributed by atoms with E-state index < -0.39 is 39.4 Å². The predicted molar refractivity (Wildman–Crippen MR) is 96.9 cm³/mol. The summed E-state index contributed by atoms with van der Waals surface area (Å²) in [6, 6.07) is 5.48. The van der Waals surface area contributed by atoms with Gasteiger partial charge in [0, 0.05) is 11.9 Å². The first-order chi connectivity index (χ1) is 13.5. The van der Waals surface area contributed by atoms with E-state index in [1.54, 1.807) is 0 Å². The number of nitrogens with two attached hydrogens (primary N) is 1. The van der Waals surface area contributed by atoms with Gasteiger partial charge in [-0.25, -0.2) is 8.42 Å². The zero-order valence-electron chi connectivity index (χ0n) is 14.8. The highest BCUT2D eigenvalue weighted by Gasteiger charge is 2.36. The number of sulfone groups is 1. The third-order valence-corrected chi connectivity index (χ3v) is 6.33. The largest absolute Gasteiger partial charge is 0.416 e. The van der Waals surface area contributed by atoms with Gasteiger partial charge in [0.1, 0.15) is 5.56 Å². The molecule has 1 aromatic heterocycles. The Labute approximate surface area is 164 Å². The Balaban J connectivity index is 1.90. The van der Waals surface area contributed by atoms with Crippen LogP contribution >= 0.6 is 0 Å². The van der Waals surface area contributed by atoms with E-state index in [1.807, 2.05) is 6.07 Å². The summed E-state index contributed by atoms with van der Waals surface area (Å²) in [7, 11) is -3.33. The third-order valence-electron chi connectivity index (χ3n) is 4.60. The van der Waals surface area contributed by atoms with Gasteiger partial charge >= 0.3 is 6.18 Å². The summed E-state index contributed by atoms with van der Waals surface area (Å²) in [5.41, 5.74) is 4.74. The monoisotopic (exact) mass is 427 g/mol. The summed E-state index contributed by atoms with van der Waals surface area (Å²) >= 11 is 0. The van der Waals surface area contributed by atoms with Crippen molar-refractivity contribution in [3.05, 3.63) is 41.6 Å². The van der Waals surface area contributed by atoms with Gasteiger partial charge in [-0.3, -0.25) is 9.48 Å². The van der Waals surface area contributed by atoms with Crippen LogP contribution in [-0.4, -0.2) is 35.6 Å². The number of nitriles is 1. The Kier molecular flexibility index (Phi) is 5.27. The molecule has 0 aliphatic carbocycles. The normalized spacial score (nSPS) is 21.3. The van der Waals surface area contributed by atoms with Crippen molar-refractivity contribution in [3.8, 4) is 6.07 Å². The van der Waals surface area contributed by atoms with Crippen LogP contribution in [0.5, 0.6) is 0 Å². The fraction of sp³-hybridized carbons (Fsp3) is 0.353. The molecule has 1 unspecified atom stereocenters. The summed E-state index contributed by atoms with van der Waals surface area (Å²) in [5, 5.41) is 16.3. The average molecular weight is 427 g/mol. The number of amides is 1. The van der Waals surface area contributed by atoms with E-state index in [9.17, 15) is 31.6 Å². The molecule has 1 aliphatic heterocycles. The summed E-state index contributed by atoms with van der Waals surface area (Å²) in [5.74, 6) is -2.12. The Bertz CT molecular complexity index is 1070. The predicted octanol–water partition coefficient (Wildman–Crippen LogP) is 2.24. The van der Waals surface area contributed by atoms with Crippen LogP contribution in [0.25, 0.3) is 0 Å². The minimum atomic E-state index is -4.48. The maximum absolute atomic E-state index is 12.7. The minimum Gasteiger partial charge on any atom is -0.365 e. The fourth-order valence-electron chi connectivity index (χ4n) is 3.12. The summed E-state index contributed by atoms with van der Waals surface area (Å²) in [6.07, 6.45) is -3.03. The quantitative estimate of drug-likeness (QED) is 0.769. The molecule has 2 aromatic rings. The maximum Gasteiger partial charge on any atom is 0.416 e. The van der Waals surface area contributed by atoms with Gasteiger partial charge in [-0.2, -0.15) is 23.5 Å². The molecule has 0 spiro atoms. The number of nitrogens with zero attached hydrogens (tertiary/aromatic N) is 3. The second kappa shape index (κ2) is 7.40.